The third-order valence-electron chi connectivity index (χ3n) is 5.34. The number of ether oxygens (including phenoxy) is 1. The number of allylic oxidation sites excluding steroid dienone is 4. The van der Waals surface area contributed by atoms with E-state index in [0.29, 0.717) is 38.9 Å². The summed E-state index contributed by atoms with van der Waals surface area (Å²) in [5, 5.41) is 3.22. The fourth-order valence-corrected chi connectivity index (χ4v) is 4.02. The Hall–Kier alpha value is -2.29. The molecule has 0 radical (unpaired) electrons. The van der Waals surface area contributed by atoms with Crippen LogP contribution in [0.3, 0.4) is 0 Å². The number of urea groups is 1. The first-order valence-corrected chi connectivity index (χ1v) is 9.79. The van der Waals surface area contributed by atoms with Crippen molar-refractivity contribution in [2.75, 3.05) is 26.2 Å². The number of piperidine rings is 1. The van der Waals surface area contributed by atoms with Crippen LogP contribution < -0.4 is 5.32 Å². The van der Waals surface area contributed by atoms with Crippen molar-refractivity contribution in [1.29, 1.82) is 0 Å². The van der Waals surface area contributed by atoms with Crippen molar-refractivity contribution in [2.45, 2.75) is 45.0 Å². The van der Waals surface area contributed by atoms with Gasteiger partial charge in [-0.3, -0.25) is 9.69 Å². The molecule has 0 unspecified atom stereocenters. The lowest BCUT2D eigenvalue weighted by Gasteiger charge is -2.38. The molecule has 1 N–H and O–H groups in total. The number of alkyl halides is 3. The van der Waals surface area contributed by atoms with E-state index in [4.69, 9.17) is 0 Å². The molecule has 2 aliphatic heterocycles. The number of imide groups is 1. The van der Waals surface area contributed by atoms with Crippen LogP contribution in [0.5, 0.6) is 0 Å². The molecule has 1 spiro atoms. The molecule has 3 amide bonds. The lowest BCUT2D eigenvalue weighted by atomic mass is 9.86. The summed E-state index contributed by atoms with van der Waals surface area (Å²) in [6, 6.07) is -0.324. The summed E-state index contributed by atoms with van der Waals surface area (Å²) in [6.07, 6.45) is 2.27. The van der Waals surface area contributed by atoms with Gasteiger partial charge < -0.3 is 15.0 Å². The second kappa shape index (κ2) is 8.22. The van der Waals surface area contributed by atoms with E-state index in [0.717, 1.165) is 5.57 Å². The highest BCUT2D eigenvalue weighted by molar-refractivity contribution is 6.07. The molecular formula is C20H26F3N3O3. The van der Waals surface area contributed by atoms with E-state index in [1.807, 2.05) is 13.8 Å². The van der Waals surface area contributed by atoms with Gasteiger partial charge in [-0.1, -0.05) is 26.0 Å². The maximum atomic E-state index is 13.2. The Bertz CT molecular complexity index is 750. The zero-order valence-corrected chi connectivity index (χ0v) is 16.6. The SMILES string of the molecule is CC(C)CN1C(=O)N(CC2=CC=C(OC(F)(F)F)C=CC2)C2(CCNCC2)C1=O. The Kier molecular flexibility index (Phi) is 6.07. The number of nitrogens with one attached hydrogen (secondary N) is 1. The van der Waals surface area contributed by atoms with Gasteiger partial charge in [0.05, 0.1) is 0 Å². The van der Waals surface area contributed by atoms with Crippen molar-refractivity contribution in [3.63, 3.8) is 0 Å². The van der Waals surface area contributed by atoms with Crippen molar-refractivity contribution in [2.24, 2.45) is 5.92 Å². The molecule has 3 rings (SSSR count). The maximum absolute atomic E-state index is 13.2. The zero-order valence-electron chi connectivity index (χ0n) is 16.6. The molecule has 3 aliphatic rings. The second-order valence-electron chi connectivity index (χ2n) is 8.01. The number of rotatable bonds is 5. The topological polar surface area (TPSA) is 61.9 Å². The standard InChI is InChI=1S/C20H26F3N3O3/c1-14(2)12-25-17(27)19(8-10-24-11-9-19)26(18(25)28)13-15-4-3-5-16(7-6-15)29-20(21,22)23/h3,5-7,14,24H,4,8-13H2,1-2H3. The van der Waals surface area contributed by atoms with E-state index in [9.17, 15) is 22.8 Å². The highest BCUT2D eigenvalue weighted by atomic mass is 19.4. The number of hydrogen-bond donors (Lipinski definition) is 1. The molecule has 6 nitrogen and oxygen atoms in total. The predicted molar refractivity (Wildman–Crippen MR) is 101 cm³/mol. The molecule has 0 saturated carbocycles. The predicted octanol–water partition coefficient (Wildman–Crippen LogP) is 3.34. The highest BCUT2D eigenvalue weighted by Gasteiger charge is 2.57. The summed E-state index contributed by atoms with van der Waals surface area (Å²) >= 11 is 0. The Morgan fingerprint density at radius 3 is 2.52 bits per heavy atom. The molecule has 29 heavy (non-hydrogen) atoms. The van der Waals surface area contributed by atoms with Crippen LogP contribution in [0.2, 0.25) is 0 Å². The Balaban J connectivity index is 1.84. The van der Waals surface area contributed by atoms with Crippen LogP contribution in [0.15, 0.2) is 35.6 Å². The minimum Gasteiger partial charge on any atom is -0.406 e. The molecule has 0 aromatic carbocycles. The van der Waals surface area contributed by atoms with Gasteiger partial charge in [-0.25, -0.2) is 4.79 Å². The number of carbonyl (C=O) groups is 2. The number of halogens is 3. The van der Waals surface area contributed by atoms with Crippen molar-refractivity contribution in [1.82, 2.24) is 15.1 Å². The van der Waals surface area contributed by atoms with Gasteiger partial charge in [-0.05, 0) is 56.0 Å². The second-order valence-corrected chi connectivity index (χ2v) is 8.01. The van der Waals surface area contributed by atoms with Crippen LogP contribution in [-0.2, 0) is 9.53 Å². The molecule has 0 aromatic heterocycles. The van der Waals surface area contributed by atoms with E-state index in [1.165, 1.54) is 17.1 Å². The van der Waals surface area contributed by atoms with Gasteiger partial charge in [0.1, 0.15) is 11.3 Å². The van der Waals surface area contributed by atoms with Crippen LogP contribution >= 0.6 is 0 Å². The molecule has 160 valence electrons. The summed E-state index contributed by atoms with van der Waals surface area (Å²) in [5.74, 6) is -0.333. The van der Waals surface area contributed by atoms with Gasteiger partial charge in [-0.15, -0.1) is 13.2 Å². The minimum absolute atomic E-state index is 0.145. The Morgan fingerprint density at radius 1 is 1.21 bits per heavy atom. The molecule has 1 aliphatic carbocycles. The molecule has 0 aromatic rings. The molecule has 0 bridgehead atoms. The monoisotopic (exact) mass is 413 g/mol. The quantitative estimate of drug-likeness (QED) is 0.703. The van der Waals surface area contributed by atoms with Crippen molar-refractivity contribution in [3.05, 3.63) is 35.6 Å². The van der Waals surface area contributed by atoms with E-state index in [1.54, 1.807) is 17.1 Å². The number of amides is 3. The van der Waals surface area contributed by atoms with E-state index >= 15 is 0 Å². The molecule has 0 atom stereocenters. The smallest absolute Gasteiger partial charge is 0.406 e. The third-order valence-corrected chi connectivity index (χ3v) is 5.34. The largest absolute Gasteiger partial charge is 0.573 e. The molecular weight excluding hydrogens is 387 g/mol. The van der Waals surface area contributed by atoms with Gasteiger partial charge in [0.2, 0.25) is 0 Å². The first-order chi connectivity index (χ1) is 13.6. The fourth-order valence-electron chi connectivity index (χ4n) is 4.02. The van der Waals surface area contributed by atoms with Gasteiger partial charge in [0, 0.05) is 13.1 Å². The molecule has 2 fully saturated rings. The first-order valence-electron chi connectivity index (χ1n) is 9.79. The summed E-state index contributed by atoms with van der Waals surface area (Å²) in [5.41, 5.74) is -0.143. The highest BCUT2D eigenvalue weighted by Crippen LogP contribution is 2.37. The van der Waals surface area contributed by atoms with Crippen molar-refractivity contribution < 1.29 is 27.5 Å². The molecule has 9 heteroatoms. The number of carbonyl (C=O) groups excluding carboxylic acids is 2. The first kappa shape index (κ1) is 21.4. The van der Waals surface area contributed by atoms with Gasteiger partial charge in [-0.2, -0.15) is 0 Å². The summed E-state index contributed by atoms with van der Waals surface area (Å²) in [6.45, 7) is 5.71. The fraction of sp³-hybridized carbons (Fsp3) is 0.600. The van der Waals surface area contributed by atoms with E-state index in [-0.39, 0.29) is 30.2 Å². The van der Waals surface area contributed by atoms with Gasteiger partial charge >= 0.3 is 12.4 Å². The number of nitrogens with zero attached hydrogens (tertiary/aromatic N) is 2. The van der Waals surface area contributed by atoms with E-state index < -0.39 is 11.9 Å². The Labute approximate surface area is 168 Å². The average molecular weight is 413 g/mol. The van der Waals surface area contributed by atoms with Crippen molar-refractivity contribution >= 4 is 11.9 Å². The summed E-state index contributed by atoms with van der Waals surface area (Å²) < 4.78 is 41.3. The zero-order chi connectivity index (χ0) is 21.2. The van der Waals surface area contributed by atoms with Crippen molar-refractivity contribution in [3.8, 4) is 0 Å². The third kappa shape index (κ3) is 4.66. The molecule has 2 saturated heterocycles. The van der Waals surface area contributed by atoms with Crippen LogP contribution in [0, 0.1) is 5.92 Å². The lowest BCUT2D eigenvalue weighted by molar-refractivity contribution is -0.303. The van der Waals surface area contributed by atoms with Crippen LogP contribution in [0.25, 0.3) is 0 Å². The van der Waals surface area contributed by atoms with Gasteiger partial charge in [0.25, 0.3) is 5.91 Å². The van der Waals surface area contributed by atoms with Gasteiger partial charge in [0.15, 0.2) is 0 Å². The minimum atomic E-state index is -4.76. The van der Waals surface area contributed by atoms with Crippen LogP contribution in [-0.4, -0.2) is 59.8 Å². The van der Waals surface area contributed by atoms with Crippen LogP contribution in [0.1, 0.15) is 33.1 Å². The summed E-state index contributed by atoms with van der Waals surface area (Å²) in [4.78, 5) is 29.3. The lowest BCUT2D eigenvalue weighted by Crippen LogP contribution is -2.56. The van der Waals surface area contributed by atoms with Crippen LogP contribution in [0.4, 0.5) is 18.0 Å². The van der Waals surface area contributed by atoms with E-state index in [2.05, 4.69) is 10.1 Å². The summed E-state index contributed by atoms with van der Waals surface area (Å²) in [7, 11) is 0. The Morgan fingerprint density at radius 2 is 1.90 bits per heavy atom. The average Bonchev–Trinajstić information content (AvgIpc) is 2.80. The molecule has 2 heterocycles. The normalized spacial score (nSPS) is 22.3. The maximum Gasteiger partial charge on any atom is 0.573 e. The number of hydrogen-bond acceptors (Lipinski definition) is 4.